The molecule has 2 aliphatic rings. The van der Waals surface area contributed by atoms with Crippen LogP contribution in [0.3, 0.4) is 0 Å². The van der Waals surface area contributed by atoms with Gasteiger partial charge in [-0.15, -0.1) is 0 Å². The van der Waals surface area contributed by atoms with Crippen LogP contribution in [0.4, 0.5) is 4.79 Å². The van der Waals surface area contributed by atoms with Crippen LogP contribution in [-0.2, 0) is 4.79 Å². The van der Waals surface area contributed by atoms with Crippen molar-refractivity contribution in [2.45, 2.75) is 31.3 Å². The Kier molecular flexibility index (Phi) is 2.62. The van der Waals surface area contributed by atoms with Gasteiger partial charge in [-0.3, -0.25) is 4.79 Å². The van der Waals surface area contributed by atoms with Gasteiger partial charge in [-0.25, -0.2) is 4.79 Å². The molecule has 0 aromatic carbocycles. The lowest BCUT2D eigenvalue weighted by atomic mass is 10.1. The first-order valence-electron chi connectivity index (χ1n) is 5.13. The highest BCUT2D eigenvalue weighted by Gasteiger charge is 2.27. The Bertz CT molecular complexity index is 310. The summed E-state index contributed by atoms with van der Waals surface area (Å²) in [5, 5.41) is 14.3. The minimum absolute atomic E-state index is 0.148. The highest BCUT2D eigenvalue weighted by atomic mass is 16.4. The number of nitrogens with one attached hydrogen (secondary N) is 2. The number of hydrogen-bond donors (Lipinski definition) is 3. The SMILES string of the molecule is O=C(NC1C=CC(C(=O)O)C1)NC1CC1. The van der Waals surface area contributed by atoms with Crippen LogP contribution in [0.25, 0.3) is 0 Å². The van der Waals surface area contributed by atoms with Gasteiger partial charge in [-0.05, 0) is 19.3 Å². The van der Waals surface area contributed by atoms with Crippen LogP contribution in [0, 0.1) is 5.92 Å². The van der Waals surface area contributed by atoms with Crippen molar-refractivity contribution in [2.24, 2.45) is 5.92 Å². The van der Waals surface area contributed by atoms with Gasteiger partial charge < -0.3 is 15.7 Å². The van der Waals surface area contributed by atoms with Gasteiger partial charge in [0.05, 0.1) is 12.0 Å². The summed E-state index contributed by atoms with van der Waals surface area (Å²) in [5.74, 6) is -1.30. The number of hydrogen-bond acceptors (Lipinski definition) is 2. The predicted molar refractivity (Wildman–Crippen MR) is 53.4 cm³/mol. The van der Waals surface area contributed by atoms with Gasteiger partial charge in [0.1, 0.15) is 0 Å². The van der Waals surface area contributed by atoms with E-state index in [1.54, 1.807) is 12.2 Å². The second kappa shape index (κ2) is 3.92. The fourth-order valence-corrected chi connectivity index (χ4v) is 1.61. The molecule has 0 radical (unpaired) electrons. The molecule has 2 unspecified atom stereocenters. The molecule has 1 fully saturated rings. The lowest BCUT2D eigenvalue weighted by Gasteiger charge is -2.12. The molecule has 82 valence electrons. The summed E-state index contributed by atoms with van der Waals surface area (Å²) >= 11 is 0. The van der Waals surface area contributed by atoms with Gasteiger partial charge >= 0.3 is 12.0 Å². The molecule has 0 aromatic rings. The molecule has 0 bridgehead atoms. The fraction of sp³-hybridized carbons (Fsp3) is 0.600. The van der Waals surface area contributed by atoms with Crippen LogP contribution in [0.2, 0.25) is 0 Å². The summed E-state index contributed by atoms with van der Waals surface area (Å²) in [6, 6.07) is -0.0197. The summed E-state index contributed by atoms with van der Waals surface area (Å²) in [6.07, 6.45) is 5.92. The van der Waals surface area contributed by atoms with E-state index in [-0.39, 0.29) is 12.1 Å². The number of carbonyl (C=O) groups is 2. The monoisotopic (exact) mass is 210 g/mol. The average molecular weight is 210 g/mol. The van der Waals surface area contributed by atoms with Crippen molar-refractivity contribution in [1.29, 1.82) is 0 Å². The van der Waals surface area contributed by atoms with Crippen LogP contribution < -0.4 is 10.6 Å². The molecule has 0 aliphatic heterocycles. The zero-order valence-corrected chi connectivity index (χ0v) is 8.27. The molecule has 15 heavy (non-hydrogen) atoms. The lowest BCUT2D eigenvalue weighted by molar-refractivity contribution is -0.140. The molecule has 5 nitrogen and oxygen atoms in total. The Morgan fingerprint density at radius 2 is 1.93 bits per heavy atom. The number of carbonyl (C=O) groups excluding carboxylic acids is 1. The van der Waals surface area contributed by atoms with Crippen LogP contribution in [0.5, 0.6) is 0 Å². The molecule has 3 N–H and O–H groups in total. The zero-order valence-electron chi connectivity index (χ0n) is 8.27. The summed E-state index contributed by atoms with van der Waals surface area (Å²) in [6.45, 7) is 0. The minimum atomic E-state index is -0.835. The van der Waals surface area contributed by atoms with Crippen molar-refractivity contribution in [3.63, 3.8) is 0 Å². The zero-order chi connectivity index (χ0) is 10.8. The van der Waals surface area contributed by atoms with E-state index in [0.29, 0.717) is 12.5 Å². The van der Waals surface area contributed by atoms with Crippen LogP contribution in [0.1, 0.15) is 19.3 Å². The third kappa shape index (κ3) is 2.71. The standard InChI is InChI=1S/C10H14N2O3/c13-9(14)6-1-2-8(5-6)12-10(15)11-7-3-4-7/h1-2,6-8H,3-5H2,(H,13,14)(H2,11,12,15). The molecule has 5 heteroatoms. The third-order valence-electron chi connectivity index (χ3n) is 2.63. The van der Waals surface area contributed by atoms with E-state index in [1.807, 2.05) is 0 Å². The Balaban J connectivity index is 1.74. The molecule has 2 rings (SSSR count). The molecule has 0 saturated heterocycles. The molecule has 2 atom stereocenters. The number of carboxylic acid groups (broad SMARTS) is 1. The Labute approximate surface area is 87.5 Å². The second-order valence-corrected chi connectivity index (χ2v) is 4.06. The van der Waals surface area contributed by atoms with Crippen LogP contribution >= 0.6 is 0 Å². The van der Waals surface area contributed by atoms with Gasteiger partial charge in [0.2, 0.25) is 0 Å². The van der Waals surface area contributed by atoms with Crippen LogP contribution in [0.15, 0.2) is 12.2 Å². The first-order chi connectivity index (χ1) is 7.15. The van der Waals surface area contributed by atoms with Crippen molar-refractivity contribution in [3.05, 3.63) is 12.2 Å². The Morgan fingerprint density at radius 3 is 2.47 bits per heavy atom. The first-order valence-corrected chi connectivity index (χ1v) is 5.13. The number of aliphatic carboxylic acids is 1. The van der Waals surface area contributed by atoms with E-state index in [4.69, 9.17) is 5.11 Å². The van der Waals surface area contributed by atoms with Gasteiger partial charge in [0.15, 0.2) is 0 Å². The quantitative estimate of drug-likeness (QED) is 0.593. The smallest absolute Gasteiger partial charge is 0.315 e. The summed E-state index contributed by atoms with van der Waals surface area (Å²) in [4.78, 5) is 22.0. The molecule has 1 saturated carbocycles. The topological polar surface area (TPSA) is 78.4 Å². The van der Waals surface area contributed by atoms with E-state index in [1.165, 1.54) is 0 Å². The van der Waals surface area contributed by atoms with Gasteiger partial charge in [-0.1, -0.05) is 12.2 Å². The van der Waals surface area contributed by atoms with Crippen molar-refractivity contribution in [3.8, 4) is 0 Å². The number of amides is 2. The van der Waals surface area contributed by atoms with E-state index in [9.17, 15) is 9.59 Å². The maximum Gasteiger partial charge on any atom is 0.315 e. The Hall–Kier alpha value is -1.52. The second-order valence-electron chi connectivity index (χ2n) is 4.06. The van der Waals surface area contributed by atoms with Crippen molar-refractivity contribution in [1.82, 2.24) is 10.6 Å². The molecule has 2 aliphatic carbocycles. The first kappa shape index (κ1) is 10.0. The van der Waals surface area contributed by atoms with Gasteiger partial charge in [0.25, 0.3) is 0 Å². The highest BCUT2D eigenvalue weighted by Crippen LogP contribution is 2.20. The molecule has 0 aromatic heterocycles. The van der Waals surface area contributed by atoms with Gasteiger partial charge in [-0.2, -0.15) is 0 Å². The number of rotatable bonds is 3. The number of urea groups is 1. The third-order valence-corrected chi connectivity index (χ3v) is 2.63. The minimum Gasteiger partial charge on any atom is -0.481 e. The fourth-order valence-electron chi connectivity index (χ4n) is 1.61. The highest BCUT2D eigenvalue weighted by molar-refractivity contribution is 5.76. The summed E-state index contributed by atoms with van der Waals surface area (Å²) in [5.41, 5.74) is 0. The molecule has 0 spiro atoms. The van der Waals surface area contributed by atoms with Gasteiger partial charge in [0, 0.05) is 6.04 Å². The Morgan fingerprint density at radius 1 is 1.20 bits per heavy atom. The van der Waals surface area contributed by atoms with Crippen molar-refractivity contribution < 1.29 is 14.7 Å². The maximum absolute atomic E-state index is 11.3. The normalized spacial score (nSPS) is 28.8. The maximum atomic E-state index is 11.3. The number of carboxylic acids is 1. The largest absolute Gasteiger partial charge is 0.481 e. The summed E-state index contributed by atoms with van der Waals surface area (Å²) < 4.78 is 0. The molecule has 0 heterocycles. The molecule has 2 amide bonds. The van der Waals surface area contributed by atoms with E-state index in [2.05, 4.69) is 10.6 Å². The molecular weight excluding hydrogens is 196 g/mol. The average Bonchev–Trinajstić information content (AvgIpc) is 2.82. The van der Waals surface area contributed by atoms with E-state index < -0.39 is 11.9 Å². The predicted octanol–water partition coefficient (Wildman–Crippen LogP) is 0.477. The van der Waals surface area contributed by atoms with E-state index >= 15 is 0 Å². The lowest BCUT2D eigenvalue weighted by Crippen LogP contribution is -2.41. The molecular formula is C10H14N2O3. The van der Waals surface area contributed by atoms with Crippen molar-refractivity contribution in [2.75, 3.05) is 0 Å². The van der Waals surface area contributed by atoms with Crippen molar-refractivity contribution >= 4 is 12.0 Å². The van der Waals surface area contributed by atoms with E-state index in [0.717, 1.165) is 12.8 Å². The summed E-state index contributed by atoms with van der Waals surface area (Å²) in [7, 11) is 0. The van der Waals surface area contributed by atoms with Crippen LogP contribution in [-0.4, -0.2) is 29.2 Å².